The van der Waals surface area contributed by atoms with Crippen molar-refractivity contribution in [1.29, 1.82) is 0 Å². The minimum Gasteiger partial charge on any atom is -0.454 e. The van der Waals surface area contributed by atoms with E-state index >= 15 is 0 Å². The van der Waals surface area contributed by atoms with Gasteiger partial charge in [-0.15, -0.1) is 0 Å². The number of ether oxygens (including phenoxy) is 5. The number of hydrogen-bond acceptors (Lipinski definition) is 6. The molecule has 1 saturated heterocycles. The van der Waals surface area contributed by atoms with Crippen molar-refractivity contribution in [2.24, 2.45) is 0 Å². The van der Waals surface area contributed by atoms with Gasteiger partial charge in [-0.05, 0) is 41.4 Å². The highest BCUT2D eigenvalue weighted by Gasteiger charge is 2.49. The van der Waals surface area contributed by atoms with Crippen molar-refractivity contribution >= 4 is 15.9 Å². The van der Waals surface area contributed by atoms with Crippen molar-refractivity contribution in [1.82, 2.24) is 0 Å². The third-order valence-electron chi connectivity index (χ3n) is 4.31. The zero-order valence-corrected chi connectivity index (χ0v) is 15.0. The van der Waals surface area contributed by atoms with E-state index in [-0.39, 0.29) is 19.0 Å². The number of halogens is 1. The predicted molar refractivity (Wildman–Crippen MR) is 87.8 cm³/mol. The van der Waals surface area contributed by atoms with Crippen LogP contribution in [0.25, 0.3) is 0 Å². The van der Waals surface area contributed by atoms with Gasteiger partial charge < -0.3 is 28.8 Å². The Kier molecular flexibility index (Phi) is 4.09. The van der Waals surface area contributed by atoms with E-state index in [4.69, 9.17) is 23.7 Å². The molecule has 2 heterocycles. The van der Waals surface area contributed by atoms with E-state index in [1.807, 2.05) is 32.1 Å². The molecule has 0 saturated carbocycles. The van der Waals surface area contributed by atoms with Crippen molar-refractivity contribution in [3.8, 4) is 11.5 Å². The first-order chi connectivity index (χ1) is 11.4. The SMILES string of the molecule is CC1(C)O[C@@H]2[C@H](O1)[C@@H](O)C=C[C@H]2OCc1ccc2c(c1Br)OCO2. The van der Waals surface area contributed by atoms with Crippen molar-refractivity contribution in [2.75, 3.05) is 6.79 Å². The molecule has 0 unspecified atom stereocenters. The molecule has 1 fully saturated rings. The number of benzene rings is 1. The lowest BCUT2D eigenvalue weighted by molar-refractivity contribution is -0.158. The molecule has 7 heteroatoms. The summed E-state index contributed by atoms with van der Waals surface area (Å²) in [6.45, 7) is 4.27. The fourth-order valence-corrected chi connectivity index (χ4v) is 3.76. The minimum absolute atomic E-state index is 0.228. The Morgan fingerprint density at radius 2 is 2.00 bits per heavy atom. The van der Waals surface area contributed by atoms with Crippen LogP contribution >= 0.6 is 15.9 Å². The number of fused-ring (bicyclic) bond motifs is 2. The molecule has 4 rings (SSSR count). The average Bonchev–Trinajstić information content (AvgIpc) is 3.12. The minimum atomic E-state index is -0.733. The summed E-state index contributed by atoms with van der Waals surface area (Å²) in [5.74, 6) is 0.689. The third-order valence-corrected chi connectivity index (χ3v) is 5.18. The average molecular weight is 399 g/mol. The molecule has 130 valence electrons. The number of aliphatic hydroxyl groups excluding tert-OH is 1. The first kappa shape index (κ1) is 16.4. The van der Waals surface area contributed by atoms with Gasteiger partial charge in [-0.1, -0.05) is 18.2 Å². The zero-order chi connectivity index (χ0) is 16.9. The lowest BCUT2D eigenvalue weighted by Gasteiger charge is -2.30. The lowest BCUT2D eigenvalue weighted by Crippen LogP contribution is -2.45. The second kappa shape index (κ2) is 6.00. The van der Waals surface area contributed by atoms with Crippen molar-refractivity contribution in [3.63, 3.8) is 0 Å². The van der Waals surface area contributed by atoms with E-state index in [0.29, 0.717) is 12.4 Å². The highest BCUT2D eigenvalue weighted by atomic mass is 79.9. The number of hydrogen-bond donors (Lipinski definition) is 1. The Morgan fingerprint density at radius 1 is 1.21 bits per heavy atom. The van der Waals surface area contributed by atoms with E-state index in [9.17, 15) is 5.11 Å². The summed E-state index contributed by atoms with van der Waals surface area (Å²) in [4.78, 5) is 0. The van der Waals surface area contributed by atoms with Crippen LogP contribution in [0.2, 0.25) is 0 Å². The van der Waals surface area contributed by atoms with Crippen LogP contribution in [0.15, 0.2) is 28.8 Å². The molecule has 0 bridgehead atoms. The highest BCUT2D eigenvalue weighted by molar-refractivity contribution is 9.10. The van der Waals surface area contributed by atoms with Crippen molar-refractivity contribution in [3.05, 3.63) is 34.3 Å². The molecule has 24 heavy (non-hydrogen) atoms. The van der Waals surface area contributed by atoms with Gasteiger partial charge in [0.1, 0.15) is 24.4 Å². The molecule has 0 radical (unpaired) electrons. The molecular formula is C17H19BrO6. The van der Waals surface area contributed by atoms with Crippen LogP contribution in [-0.4, -0.2) is 42.1 Å². The number of aliphatic hydroxyl groups is 1. The van der Waals surface area contributed by atoms with Crippen LogP contribution in [0.4, 0.5) is 0 Å². The molecule has 2 aliphatic heterocycles. The van der Waals surface area contributed by atoms with Crippen LogP contribution in [-0.2, 0) is 20.8 Å². The zero-order valence-electron chi connectivity index (χ0n) is 13.4. The van der Waals surface area contributed by atoms with Crippen LogP contribution < -0.4 is 9.47 Å². The Morgan fingerprint density at radius 3 is 2.83 bits per heavy atom. The Balaban J connectivity index is 1.49. The van der Waals surface area contributed by atoms with Crippen LogP contribution in [0.1, 0.15) is 19.4 Å². The quantitative estimate of drug-likeness (QED) is 0.789. The van der Waals surface area contributed by atoms with Crippen molar-refractivity contribution in [2.45, 2.75) is 50.7 Å². The largest absolute Gasteiger partial charge is 0.454 e. The van der Waals surface area contributed by atoms with Gasteiger partial charge in [0, 0.05) is 0 Å². The van der Waals surface area contributed by atoms with Crippen LogP contribution in [0, 0.1) is 0 Å². The smallest absolute Gasteiger partial charge is 0.231 e. The fraction of sp³-hybridized carbons (Fsp3) is 0.529. The fourth-order valence-electron chi connectivity index (χ4n) is 3.20. The topological polar surface area (TPSA) is 66.4 Å². The van der Waals surface area contributed by atoms with Gasteiger partial charge in [0.25, 0.3) is 0 Å². The molecule has 0 aromatic heterocycles. The maximum absolute atomic E-state index is 10.1. The maximum Gasteiger partial charge on any atom is 0.231 e. The second-order valence-electron chi connectivity index (χ2n) is 6.49. The molecule has 3 aliphatic rings. The first-order valence-corrected chi connectivity index (χ1v) is 8.64. The molecule has 1 N–H and O–H groups in total. The number of rotatable bonds is 3. The summed E-state index contributed by atoms with van der Waals surface area (Å²) >= 11 is 3.54. The monoisotopic (exact) mass is 398 g/mol. The van der Waals surface area contributed by atoms with Gasteiger partial charge in [-0.3, -0.25) is 0 Å². The van der Waals surface area contributed by atoms with Gasteiger partial charge >= 0.3 is 0 Å². The Labute approximate surface area is 148 Å². The molecule has 4 atom stereocenters. The molecule has 1 aromatic rings. The van der Waals surface area contributed by atoms with E-state index in [0.717, 1.165) is 15.8 Å². The van der Waals surface area contributed by atoms with E-state index < -0.39 is 18.0 Å². The van der Waals surface area contributed by atoms with Gasteiger partial charge in [-0.2, -0.15) is 0 Å². The summed E-state index contributed by atoms with van der Waals surface area (Å²) in [5.41, 5.74) is 0.952. The highest BCUT2D eigenvalue weighted by Crippen LogP contribution is 2.42. The Hall–Kier alpha value is -1.12. The summed E-state index contributed by atoms with van der Waals surface area (Å²) in [5, 5.41) is 10.1. The van der Waals surface area contributed by atoms with E-state index in [1.54, 1.807) is 6.08 Å². The van der Waals surface area contributed by atoms with Crippen molar-refractivity contribution < 1.29 is 28.8 Å². The molecule has 0 spiro atoms. The molecular weight excluding hydrogens is 380 g/mol. The first-order valence-electron chi connectivity index (χ1n) is 7.85. The van der Waals surface area contributed by atoms with Gasteiger partial charge in [0.05, 0.1) is 11.1 Å². The van der Waals surface area contributed by atoms with Gasteiger partial charge in [-0.25, -0.2) is 0 Å². The summed E-state index contributed by atoms with van der Waals surface area (Å²) in [7, 11) is 0. The molecule has 0 amide bonds. The predicted octanol–water partition coefficient (Wildman–Crippen LogP) is 2.51. The van der Waals surface area contributed by atoms with Crippen LogP contribution in [0.3, 0.4) is 0 Å². The molecule has 1 aliphatic carbocycles. The van der Waals surface area contributed by atoms with Gasteiger partial charge in [0.15, 0.2) is 17.3 Å². The van der Waals surface area contributed by atoms with Gasteiger partial charge in [0.2, 0.25) is 6.79 Å². The standard InChI is InChI=1S/C17H19BrO6/c1-17(2)23-14-10(19)4-6-12(16(14)24-17)20-7-9-3-5-11-15(13(9)18)22-8-21-11/h3-6,10,12,14,16,19H,7-8H2,1-2H3/t10-,12+,14+,16-/m0/s1. The summed E-state index contributed by atoms with van der Waals surface area (Å²) < 4.78 is 29.4. The third kappa shape index (κ3) is 2.84. The normalized spacial score (nSPS) is 32.8. The second-order valence-corrected chi connectivity index (χ2v) is 7.28. The lowest BCUT2D eigenvalue weighted by atomic mass is 9.96. The summed E-state index contributed by atoms with van der Waals surface area (Å²) in [6, 6.07) is 3.81. The Bertz CT molecular complexity index is 673. The summed E-state index contributed by atoms with van der Waals surface area (Å²) in [6.07, 6.45) is 1.79. The molecule has 1 aromatic carbocycles. The van der Waals surface area contributed by atoms with E-state index in [2.05, 4.69) is 15.9 Å². The van der Waals surface area contributed by atoms with Crippen LogP contribution in [0.5, 0.6) is 11.5 Å². The molecule has 6 nitrogen and oxygen atoms in total. The van der Waals surface area contributed by atoms with E-state index in [1.165, 1.54) is 0 Å². The maximum atomic E-state index is 10.1.